The van der Waals surface area contributed by atoms with E-state index in [-0.39, 0.29) is 6.61 Å². The van der Waals surface area contributed by atoms with Crippen LogP contribution in [-0.2, 0) is 4.43 Å². The van der Waals surface area contributed by atoms with Crippen molar-refractivity contribution < 1.29 is 9.53 Å². The van der Waals surface area contributed by atoms with Gasteiger partial charge in [0.15, 0.2) is 0 Å². The van der Waals surface area contributed by atoms with Gasteiger partial charge in [0.2, 0.25) is 8.32 Å². The Balaban J connectivity index is 4.77. The molecule has 0 rings (SSSR count). The largest absolute Gasteiger partial charge is 0.405 e. The van der Waals surface area contributed by atoms with Crippen molar-refractivity contribution in [2.45, 2.75) is 58.2 Å². The van der Waals surface area contributed by atoms with Gasteiger partial charge in [0, 0.05) is 0 Å². The average Bonchev–Trinajstić information content (AvgIpc) is 2.16. The lowest BCUT2D eigenvalue weighted by atomic mass is 10.5. The maximum atomic E-state index is 8.61. The molecule has 0 aromatic rings. The summed E-state index contributed by atoms with van der Waals surface area (Å²) in [5, 5.41) is 8.61. The molecule has 0 aliphatic rings. The Morgan fingerprint density at radius 2 is 1.38 bits per heavy atom. The van der Waals surface area contributed by atoms with Crippen molar-refractivity contribution in [3.63, 3.8) is 0 Å². The zero-order valence-corrected chi connectivity index (χ0v) is 12.5. The number of hydrogen-bond donors (Lipinski definition) is 1. The second-order valence-corrected chi connectivity index (χ2v) is 10.6. The van der Waals surface area contributed by atoms with E-state index in [1.54, 1.807) is 0 Å². The monoisotopic (exact) mass is 242 g/mol. The highest BCUT2D eigenvalue weighted by atomic mass is 28.4. The van der Waals surface area contributed by atoms with Gasteiger partial charge in [0.05, 0.1) is 6.61 Å². The summed E-state index contributed by atoms with van der Waals surface area (Å²) in [7, 11) is -1.76. The van der Waals surface area contributed by atoms with Crippen molar-refractivity contribution in [3.8, 4) is 11.8 Å². The lowest BCUT2D eigenvalue weighted by Crippen LogP contribution is -2.47. The van der Waals surface area contributed by atoms with Crippen molar-refractivity contribution in [2.24, 2.45) is 0 Å². The molecule has 0 aromatic heterocycles. The smallest absolute Gasteiger partial charge is 0.201 e. The molecular formula is C13H26O2Si. The van der Waals surface area contributed by atoms with E-state index >= 15 is 0 Å². The Morgan fingerprint density at radius 1 is 0.938 bits per heavy atom. The van der Waals surface area contributed by atoms with E-state index < -0.39 is 8.32 Å². The van der Waals surface area contributed by atoms with Crippen LogP contribution in [0, 0.1) is 11.8 Å². The van der Waals surface area contributed by atoms with Gasteiger partial charge in [-0.1, -0.05) is 53.4 Å². The van der Waals surface area contributed by atoms with Crippen LogP contribution in [0.5, 0.6) is 0 Å². The average molecular weight is 242 g/mol. The summed E-state index contributed by atoms with van der Waals surface area (Å²) in [5.74, 6) is 5.51. The van der Waals surface area contributed by atoms with E-state index in [1.807, 2.05) is 0 Å². The highest BCUT2D eigenvalue weighted by molar-refractivity contribution is 6.77. The van der Waals surface area contributed by atoms with Crippen LogP contribution in [0.1, 0.15) is 41.5 Å². The third-order valence-electron chi connectivity index (χ3n) is 3.31. The fraction of sp³-hybridized carbons (Fsp3) is 0.846. The number of rotatable bonds is 5. The van der Waals surface area contributed by atoms with E-state index in [1.165, 1.54) is 0 Å². The van der Waals surface area contributed by atoms with E-state index in [0.29, 0.717) is 23.2 Å². The van der Waals surface area contributed by atoms with Crippen LogP contribution in [0.25, 0.3) is 0 Å². The lowest BCUT2D eigenvalue weighted by Gasteiger charge is -2.41. The van der Waals surface area contributed by atoms with Crippen molar-refractivity contribution in [3.05, 3.63) is 0 Å². The van der Waals surface area contributed by atoms with E-state index in [2.05, 4.69) is 53.4 Å². The molecule has 0 saturated carbocycles. The molecule has 0 bridgehead atoms. The lowest BCUT2D eigenvalue weighted by molar-refractivity contribution is 0.320. The minimum atomic E-state index is -1.76. The highest BCUT2D eigenvalue weighted by Crippen LogP contribution is 2.41. The summed E-state index contributed by atoms with van der Waals surface area (Å²) in [4.78, 5) is 0. The molecule has 0 aliphatic heterocycles. The molecule has 0 saturated heterocycles. The van der Waals surface area contributed by atoms with Gasteiger partial charge < -0.3 is 9.53 Å². The van der Waals surface area contributed by atoms with Crippen LogP contribution in [0.2, 0.25) is 16.6 Å². The first-order valence-corrected chi connectivity index (χ1v) is 8.24. The molecule has 0 heterocycles. The number of hydrogen-bond acceptors (Lipinski definition) is 2. The second-order valence-electron chi connectivity index (χ2n) is 5.12. The van der Waals surface area contributed by atoms with Gasteiger partial charge in [0.1, 0.15) is 6.61 Å². The first kappa shape index (κ1) is 15.7. The van der Waals surface area contributed by atoms with Gasteiger partial charge in [-0.15, -0.1) is 0 Å². The van der Waals surface area contributed by atoms with Crippen LogP contribution in [0.15, 0.2) is 0 Å². The molecule has 16 heavy (non-hydrogen) atoms. The normalized spacial score (nSPS) is 12.1. The predicted molar refractivity (Wildman–Crippen MR) is 71.9 cm³/mol. The summed E-state index contributed by atoms with van der Waals surface area (Å²) in [6.45, 7) is 13.9. The first-order valence-electron chi connectivity index (χ1n) is 6.10. The molecule has 0 spiro atoms. The topological polar surface area (TPSA) is 29.5 Å². The Labute approximate surface area is 102 Å². The number of aliphatic hydroxyl groups is 1. The Kier molecular flexibility index (Phi) is 6.97. The van der Waals surface area contributed by atoms with E-state index in [0.717, 1.165) is 0 Å². The summed E-state index contributed by atoms with van der Waals surface area (Å²) >= 11 is 0. The maximum absolute atomic E-state index is 8.61. The zero-order valence-electron chi connectivity index (χ0n) is 11.5. The Hall–Kier alpha value is -0.303. The predicted octanol–water partition coefficient (Wildman–Crippen LogP) is 3.17. The molecule has 2 nitrogen and oxygen atoms in total. The third kappa shape index (κ3) is 3.62. The molecule has 0 aromatic carbocycles. The van der Waals surface area contributed by atoms with Gasteiger partial charge in [-0.3, -0.25) is 0 Å². The summed E-state index contributed by atoms with van der Waals surface area (Å²) < 4.78 is 6.17. The molecule has 0 aliphatic carbocycles. The minimum Gasteiger partial charge on any atom is -0.405 e. The zero-order chi connectivity index (χ0) is 12.8. The van der Waals surface area contributed by atoms with Crippen molar-refractivity contribution in [1.82, 2.24) is 0 Å². The second kappa shape index (κ2) is 7.11. The van der Waals surface area contributed by atoms with Crippen LogP contribution in [-0.4, -0.2) is 26.6 Å². The minimum absolute atomic E-state index is 0.0804. The van der Waals surface area contributed by atoms with Gasteiger partial charge >= 0.3 is 0 Å². The molecular weight excluding hydrogens is 216 g/mol. The van der Waals surface area contributed by atoms with E-state index in [9.17, 15) is 0 Å². The summed E-state index contributed by atoms with van der Waals surface area (Å²) in [5.41, 5.74) is 1.76. The molecule has 0 fully saturated rings. The standard InChI is InChI=1S/C13H26O2Si/c1-11(2)16(12(3)4,13(5)6)15-10-8-7-9-14/h11-14H,9-10H2,1-6H3. The molecule has 0 unspecified atom stereocenters. The fourth-order valence-corrected chi connectivity index (χ4v) is 8.09. The van der Waals surface area contributed by atoms with E-state index in [4.69, 9.17) is 9.53 Å². The summed E-state index contributed by atoms with van der Waals surface area (Å²) in [6, 6.07) is 0. The van der Waals surface area contributed by atoms with Gasteiger partial charge in [-0.05, 0) is 16.6 Å². The molecule has 0 radical (unpaired) electrons. The molecule has 94 valence electrons. The third-order valence-corrected chi connectivity index (χ3v) is 9.36. The Bertz CT molecular complexity index is 227. The van der Waals surface area contributed by atoms with Crippen molar-refractivity contribution in [1.29, 1.82) is 0 Å². The maximum Gasteiger partial charge on any atom is 0.201 e. The van der Waals surface area contributed by atoms with Crippen LogP contribution in [0.3, 0.4) is 0 Å². The van der Waals surface area contributed by atoms with Crippen LogP contribution >= 0.6 is 0 Å². The van der Waals surface area contributed by atoms with Crippen molar-refractivity contribution >= 4 is 8.32 Å². The molecule has 3 heteroatoms. The molecule has 0 atom stereocenters. The van der Waals surface area contributed by atoms with Gasteiger partial charge in [-0.2, -0.15) is 0 Å². The number of aliphatic hydroxyl groups excluding tert-OH is 1. The van der Waals surface area contributed by atoms with Crippen LogP contribution < -0.4 is 0 Å². The molecule has 1 N–H and O–H groups in total. The SMILES string of the molecule is CC(C)[Si](OCC#CCO)(C(C)C)C(C)C. The van der Waals surface area contributed by atoms with Gasteiger partial charge in [0.25, 0.3) is 0 Å². The highest BCUT2D eigenvalue weighted by Gasteiger charge is 2.44. The quantitative estimate of drug-likeness (QED) is 0.593. The first-order chi connectivity index (χ1) is 7.39. The van der Waals surface area contributed by atoms with Crippen molar-refractivity contribution in [2.75, 3.05) is 13.2 Å². The fourth-order valence-electron chi connectivity index (χ4n) is 2.77. The molecule has 0 amide bonds. The summed E-state index contributed by atoms with van der Waals surface area (Å²) in [6.07, 6.45) is 0. The van der Waals surface area contributed by atoms with Gasteiger partial charge in [-0.25, -0.2) is 0 Å². The Morgan fingerprint density at radius 3 is 1.69 bits per heavy atom. The van der Waals surface area contributed by atoms with Crippen LogP contribution in [0.4, 0.5) is 0 Å².